The summed E-state index contributed by atoms with van der Waals surface area (Å²) in [6.45, 7) is 0.537. The third kappa shape index (κ3) is 0.422. The molecule has 0 bridgehead atoms. The number of ether oxygens (including phenoxy) is 2. The van der Waals surface area contributed by atoms with E-state index < -0.39 is 0 Å². The summed E-state index contributed by atoms with van der Waals surface area (Å²) in [5, 5.41) is 0. The molecule has 0 aromatic heterocycles. The van der Waals surface area contributed by atoms with Crippen LogP contribution in [-0.4, -0.2) is 19.0 Å². The van der Waals surface area contributed by atoms with Crippen LogP contribution in [0.4, 0.5) is 0 Å². The van der Waals surface area contributed by atoms with Crippen LogP contribution in [0.15, 0.2) is 12.2 Å². The zero-order valence-electron chi connectivity index (χ0n) is 6.14. The van der Waals surface area contributed by atoms with E-state index in [0.29, 0.717) is 24.9 Å². The predicted octanol–water partition coefficient (Wildman–Crippen LogP) is 0.790. The fraction of sp³-hybridized carbons (Fsp3) is 0.778. The summed E-state index contributed by atoms with van der Waals surface area (Å²) >= 11 is 0. The van der Waals surface area contributed by atoms with Crippen molar-refractivity contribution in [1.29, 1.82) is 0 Å². The lowest BCUT2D eigenvalue weighted by Crippen LogP contribution is -2.25. The van der Waals surface area contributed by atoms with Gasteiger partial charge >= 0.3 is 0 Å². The molecule has 0 aromatic carbocycles. The average Bonchev–Trinajstić information content (AvgIpc) is 2.48. The van der Waals surface area contributed by atoms with Crippen LogP contribution in [0.2, 0.25) is 0 Å². The summed E-state index contributed by atoms with van der Waals surface area (Å²) in [6, 6.07) is 0. The van der Waals surface area contributed by atoms with Crippen molar-refractivity contribution >= 4 is 0 Å². The molecular weight excluding hydrogens is 140 g/mol. The molecule has 4 aliphatic rings. The second-order valence-electron chi connectivity index (χ2n) is 4.07. The topological polar surface area (TPSA) is 18.5 Å². The molecule has 4 rings (SSSR count). The van der Waals surface area contributed by atoms with Gasteiger partial charge in [0.05, 0.1) is 12.2 Å². The normalized spacial score (nSPS) is 68.4. The van der Waals surface area contributed by atoms with Crippen molar-refractivity contribution in [1.82, 2.24) is 0 Å². The van der Waals surface area contributed by atoms with Gasteiger partial charge in [-0.2, -0.15) is 0 Å². The Morgan fingerprint density at radius 3 is 2.73 bits per heavy atom. The number of hydrogen-bond donors (Lipinski definition) is 0. The number of hydrogen-bond acceptors (Lipinski definition) is 2. The van der Waals surface area contributed by atoms with E-state index >= 15 is 0 Å². The summed E-state index contributed by atoms with van der Waals surface area (Å²) in [5.41, 5.74) is 0. The van der Waals surface area contributed by atoms with Gasteiger partial charge in [0.2, 0.25) is 0 Å². The van der Waals surface area contributed by atoms with E-state index in [4.69, 9.17) is 9.47 Å². The molecule has 6 atom stereocenters. The molecule has 1 heterocycles. The molecule has 0 radical (unpaired) electrons. The van der Waals surface area contributed by atoms with Gasteiger partial charge in [0.15, 0.2) is 0 Å². The number of allylic oxidation sites excluding steroid dienone is 1. The Morgan fingerprint density at radius 2 is 1.73 bits per heavy atom. The maximum atomic E-state index is 5.55. The van der Waals surface area contributed by atoms with E-state index in [1.807, 2.05) is 0 Å². The molecule has 0 unspecified atom stereocenters. The lowest BCUT2D eigenvalue weighted by Gasteiger charge is -2.14. The van der Waals surface area contributed by atoms with Crippen LogP contribution >= 0.6 is 0 Å². The number of fused-ring (bicyclic) bond motifs is 4. The average molecular weight is 150 g/mol. The van der Waals surface area contributed by atoms with Crippen molar-refractivity contribution in [2.24, 2.45) is 23.7 Å². The van der Waals surface area contributed by atoms with Crippen LogP contribution in [-0.2, 0) is 9.47 Å². The van der Waals surface area contributed by atoms with Crippen molar-refractivity contribution in [3.8, 4) is 0 Å². The Labute approximate surface area is 65.2 Å². The van der Waals surface area contributed by atoms with Crippen molar-refractivity contribution in [2.45, 2.75) is 12.2 Å². The number of rotatable bonds is 0. The molecule has 3 fully saturated rings. The van der Waals surface area contributed by atoms with E-state index in [1.54, 1.807) is 0 Å². The minimum Gasteiger partial charge on any atom is -0.349 e. The molecule has 2 saturated carbocycles. The third-order valence-corrected chi connectivity index (χ3v) is 3.80. The highest BCUT2D eigenvalue weighted by Gasteiger charge is 2.70. The molecule has 58 valence electrons. The minimum atomic E-state index is 0.417. The summed E-state index contributed by atoms with van der Waals surface area (Å²) in [5.74, 6) is 3.31. The molecular formula is C9H10O2. The highest BCUT2D eigenvalue weighted by atomic mass is 16.7. The third-order valence-electron chi connectivity index (χ3n) is 3.80. The zero-order chi connectivity index (χ0) is 7.00. The van der Waals surface area contributed by atoms with E-state index in [-0.39, 0.29) is 0 Å². The SMILES string of the molecule is C1=C[C@@H]2[C@H]3[C@H]1[C@H]1OCO[C@H]1[C@H]23. The van der Waals surface area contributed by atoms with Gasteiger partial charge < -0.3 is 9.47 Å². The van der Waals surface area contributed by atoms with Gasteiger partial charge in [-0.25, -0.2) is 0 Å². The van der Waals surface area contributed by atoms with Crippen LogP contribution in [0.5, 0.6) is 0 Å². The Bertz CT molecular complexity index is 248. The Morgan fingerprint density at radius 1 is 0.909 bits per heavy atom. The van der Waals surface area contributed by atoms with Crippen LogP contribution in [0.1, 0.15) is 0 Å². The van der Waals surface area contributed by atoms with Gasteiger partial charge in [0.1, 0.15) is 6.79 Å². The van der Waals surface area contributed by atoms with Crippen LogP contribution in [0, 0.1) is 23.7 Å². The lowest BCUT2D eigenvalue weighted by molar-refractivity contribution is 0.0208. The van der Waals surface area contributed by atoms with E-state index in [2.05, 4.69) is 12.2 Å². The van der Waals surface area contributed by atoms with Gasteiger partial charge in [-0.3, -0.25) is 0 Å². The zero-order valence-corrected chi connectivity index (χ0v) is 6.14. The largest absolute Gasteiger partial charge is 0.349 e. The van der Waals surface area contributed by atoms with Crippen molar-refractivity contribution in [3.63, 3.8) is 0 Å². The van der Waals surface area contributed by atoms with Crippen molar-refractivity contribution in [3.05, 3.63) is 12.2 Å². The molecule has 2 nitrogen and oxygen atoms in total. The second-order valence-corrected chi connectivity index (χ2v) is 4.07. The summed E-state index contributed by atoms with van der Waals surface area (Å²) < 4.78 is 11.1. The summed E-state index contributed by atoms with van der Waals surface area (Å²) in [4.78, 5) is 0. The monoisotopic (exact) mass is 150 g/mol. The Balaban J connectivity index is 1.83. The van der Waals surface area contributed by atoms with Gasteiger partial charge in [-0.15, -0.1) is 0 Å². The van der Waals surface area contributed by atoms with Crippen molar-refractivity contribution < 1.29 is 9.47 Å². The first-order valence-electron chi connectivity index (χ1n) is 4.38. The van der Waals surface area contributed by atoms with Crippen LogP contribution < -0.4 is 0 Å². The quantitative estimate of drug-likeness (QED) is 0.475. The van der Waals surface area contributed by atoms with E-state index in [0.717, 1.165) is 17.8 Å². The first-order chi connectivity index (χ1) is 5.47. The van der Waals surface area contributed by atoms with Crippen molar-refractivity contribution in [2.75, 3.05) is 6.79 Å². The molecule has 1 saturated heterocycles. The maximum Gasteiger partial charge on any atom is 0.147 e. The lowest BCUT2D eigenvalue weighted by atomic mass is 10.0. The highest BCUT2D eigenvalue weighted by molar-refractivity contribution is 5.30. The highest BCUT2D eigenvalue weighted by Crippen LogP contribution is 2.67. The molecule has 3 aliphatic carbocycles. The van der Waals surface area contributed by atoms with Gasteiger partial charge in [0.25, 0.3) is 0 Å². The molecule has 0 N–H and O–H groups in total. The minimum absolute atomic E-state index is 0.417. The Hall–Kier alpha value is -0.340. The van der Waals surface area contributed by atoms with E-state index in [1.165, 1.54) is 0 Å². The summed E-state index contributed by atoms with van der Waals surface area (Å²) in [6.07, 6.45) is 5.57. The molecule has 1 aliphatic heterocycles. The first-order valence-corrected chi connectivity index (χ1v) is 4.38. The van der Waals surface area contributed by atoms with Gasteiger partial charge in [0, 0.05) is 5.92 Å². The fourth-order valence-corrected chi connectivity index (χ4v) is 3.35. The fourth-order valence-electron chi connectivity index (χ4n) is 3.35. The van der Waals surface area contributed by atoms with Crippen LogP contribution in [0.25, 0.3) is 0 Å². The van der Waals surface area contributed by atoms with Crippen LogP contribution in [0.3, 0.4) is 0 Å². The molecule has 2 heteroatoms. The van der Waals surface area contributed by atoms with E-state index in [9.17, 15) is 0 Å². The second kappa shape index (κ2) is 1.41. The molecule has 0 spiro atoms. The molecule has 0 aromatic rings. The first kappa shape index (κ1) is 5.33. The predicted molar refractivity (Wildman–Crippen MR) is 37.7 cm³/mol. The summed E-state index contributed by atoms with van der Waals surface area (Å²) in [7, 11) is 0. The molecule has 0 amide bonds. The smallest absolute Gasteiger partial charge is 0.147 e. The standard InChI is InChI=1S/C9H10O2/c1-2-5-6-4(1)7(6)9-8(5)10-3-11-9/h1-2,4-9H,3H2/t4-,5+,6+,7-,8-,9+/m1/s1. The van der Waals surface area contributed by atoms with Gasteiger partial charge in [-0.05, 0) is 17.8 Å². The Kier molecular flexibility index (Phi) is 0.684. The maximum absolute atomic E-state index is 5.55. The molecule has 11 heavy (non-hydrogen) atoms. The van der Waals surface area contributed by atoms with Gasteiger partial charge in [-0.1, -0.05) is 12.2 Å².